The molecule has 0 bridgehead atoms. The first-order valence-electron chi connectivity index (χ1n) is 9.02. The molecule has 154 valence electrons. The predicted molar refractivity (Wildman–Crippen MR) is 107 cm³/mol. The van der Waals surface area contributed by atoms with Gasteiger partial charge < -0.3 is 4.74 Å². The van der Waals surface area contributed by atoms with Gasteiger partial charge in [0, 0.05) is 16.6 Å². The summed E-state index contributed by atoms with van der Waals surface area (Å²) >= 11 is 3.28. The second-order valence-electron chi connectivity index (χ2n) is 6.62. The third-order valence-electron chi connectivity index (χ3n) is 4.66. The molecule has 0 radical (unpaired) electrons. The molecule has 0 aromatic heterocycles. The van der Waals surface area contributed by atoms with Gasteiger partial charge in [0.1, 0.15) is 11.9 Å². The van der Waals surface area contributed by atoms with Crippen molar-refractivity contribution < 1.29 is 27.1 Å². The molecule has 6 nitrogen and oxygen atoms in total. The Kier molecular flexibility index (Phi) is 6.81. The molecule has 1 heterocycles. The Morgan fingerprint density at radius 1 is 1.07 bits per heavy atom. The highest BCUT2D eigenvalue weighted by atomic mass is 79.9. The maximum absolute atomic E-state index is 13.1. The number of piperidine rings is 1. The van der Waals surface area contributed by atoms with Crippen LogP contribution in [0.3, 0.4) is 0 Å². The van der Waals surface area contributed by atoms with Crippen molar-refractivity contribution in [2.24, 2.45) is 0 Å². The Morgan fingerprint density at radius 3 is 2.38 bits per heavy atom. The van der Waals surface area contributed by atoms with E-state index >= 15 is 0 Å². The van der Waals surface area contributed by atoms with Gasteiger partial charge in [-0.2, -0.15) is 4.31 Å². The van der Waals surface area contributed by atoms with Crippen molar-refractivity contribution in [2.75, 3.05) is 13.2 Å². The molecule has 1 atom stereocenters. The van der Waals surface area contributed by atoms with E-state index in [0.717, 1.165) is 20.9 Å². The number of carbonyl (C=O) groups is 2. The number of ether oxygens (including phenoxy) is 1. The van der Waals surface area contributed by atoms with E-state index in [9.17, 15) is 22.4 Å². The van der Waals surface area contributed by atoms with Crippen molar-refractivity contribution in [3.8, 4) is 0 Å². The van der Waals surface area contributed by atoms with Gasteiger partial charge in [0.2, 0.25) is 10.0 Å². The first kappa shape index (κ1) is 21.6. The Balaban J connectivity index is 1.71. The lowest BCUT2D eigenvalue weighted by Gasteiger charge is -2.32. The average molecular weight is 484 g/mol. The van der Waals surface area contributed by atoms with Gasteiger partial charge in [0.05, 0.1) is 4.90 Å². The number of benzene rings is 2. The standard InChI is InChI=1S/C20H19BrFNO5S/c21-15-6-4-14(5-7-15)19(24)13-28-20(25)18-3-1-2-12-23(18)29(26,27)17-10-8-16(22)9-11-17/h4-11,18H,1-3,12-13H2/t18-/m0/s1. The second kappa shape index (κ2) is 9.15. The minimum absolute atomic E-state index is 0.0930. The number of sulfonamides is 1. The van der Waals surface area contributed by atoms with Crippen LogP contribution in [0, 0.1) is 5.82 Å². The van der Waals surface area contributed by atoms with E-state index in [1.165, 1.54) is 12.1 Å². The van der Waals surface area contributed by atoms with Crippen LogP contribution in [-0.4, -0.2) is 43.7 Å². The predicted octanol–water partition coefficient (Wildman–Crippen LogP) is 3.56. The smallest absolute Gasteiger partial charge is 0.324 e. The van der Waals surface area contributed by atoms with Crippen molar-refractivity contribution in [3.63, 3.8) is 0 Å². The molecule has 0 N–H and O–H groups in total. The molecule has 1 aliphatic heterocycles. The first-order valence-corrected chi connectivity index (χ1v) is 11.2. The number of rotatable bonds is 6. The molecule has 1 saturated heterocycles. The van der Waals surface area contributed by atoms with Crippen LogP contribution in [-0.2, 0) is 19.6 Å². The third-order valence-corrected chi connectivity index (χ3v) is 7.11. The van der Waals surface area contributed by atoms with Crippen LogP contribution in [0.4, 0.5) is 4.39 Å². The molecule has 2 aromatic rings. The van der Waals surface area contributed by atoms with Gasteiger partial charge in [0.25, 0.3) is 0 Å². The number of esters is 1. The summed E-state index contributed by atoms with van der Waals surface area (Å²) in [6.45, 7) is -0.318. The Labute approximate surface area is 176 Å². The van der Waals surface area contributed by atoms with E-state index in [-0.39, 0.29) is 17.2 Å². The highest BCUT2D eigenvalue weighted by Gasteiger charge is 2.38. The van der Waals surface area contributed by atoms with Crippen LogP contribution in [0.1, 0.15) is 29.6 Å². The van der Waals surface area contributed by atoms with Crippen LogP contribution in [0.5, 0.6) is 0 Å². The van der Waals surface area contributed by atoms with Gasteiger partial charge >= 0.3 is 5.97 Å². The summed E-state index contributed by atoms with van der Waals surface area (Å²) in [4.78, 5) is 24.7. The number of halogens is 2. The number of carbonyl (C=O) groups excluding carboxylic acids is 2. The second-order valence-corrected chi connectivity index (χ2v) is 9.43. The maximum atomic E-state index is 13.1. The Bertz CT molecular complexity index is 993. The molecule has 0 amide bonds. The number of hydrogen-bond donors (Lipinski definition) is 0. The fourth-order valence-electron chi connectivity index (χ4n) is 3.12. The van der Waals surface area contributed by atoms with Crippen molar-refractivity contribution in [1.82, 2.24) is 4.31 Å². The van der Waals surface area contributed by atoms with Crippen LogP contribution in [0.25, 0.3) is 0 Å². The quantitative estimate of drug-likeness (QED) is 0.463. The summed E-state index contributed by atoms with van der Waals surface area (Å²) in [5, 5.41) is 0. The summed E-state index contributed by atoms with van der Waals surface area (Å²) in [5.41, 5.74) is 0.389. The van der Waals surface area contributed by atoms with Crippen molar-refractivity contribution in [2.45, 2.75) is 30.2 Å². The van der Waals surface area contributed by atoms with Crippen molar-refractivity contribution in [3.05, 3.63) is 64.4 Å². The van der Waals surface area contributed by atoms with Gasteiger partial charge in [-0.05, 0) is 55.7 Å². The lowest BCUT2D eigenvalue weighted by Crippen LogP contribution is -2.48. The van der Waals surface area contributed by atoms with Gasteiger partial charge in [-0.25, -0.2) is 12.8 Å². The van der Waals surface area contributed by atoms with E-state index in [4.69, 9.17) is 4.74 Å². The van der Waals surface area contributed by atoms with Crippen molar-refractivity contribution in [1.29, 1.82) is 0 Å². The van der Waals surface area contributed by atoms with E-state index in [1.807, 2.05) is 0 Å². The average Bonchev–Trinajstić information content (AvgIpc) is 2.72. The maximum Gasteiger partial charge on any atom is 0.324 e. The van der Waals surface area contributed by atoms with Crippen molar-refractivity contribution >= 4 is 37.7 Å². The largest absolute Gasteiger partial charge is 0.456 e. The molecular formula is C20H19BrFNO5S. The lowest BCUT2D eigenvalue weighted by atomic mass is 10.1. The monoisotopic (exact) mass is 483 g/mol. The SMILES string of the molecule is O=C(COC(=O)[C@@H]1CCCCN1S(=O)(=O)c1ccc(F)cc1)c1ccc(Br)cc1. The van der Waals surface area contributed by atoms with E-state index in [0.29, 0.717) is 24.8 Å². The zero-order valence-corrected chi connectivity index (χ0v) is 17.8. The fourth-order valence-corrected chi connectivity index (χ4v) is 5.03. The molecule has 1 fully saturated rings. The summed E-state index contributed by atoms with van der Waals surface area (Å²) < 4.78 is 46.0. The molecule has 0 aliphatic carbocycles. The zero-order chi connectivity index (χ0) is 21.0. The molecule has 0 spiro atoms. The number of hydrogen-bond acceptors (Lipinski definition) is 5. The highest BCUT2D eigenvalue weighted by Crippen LogP contribution is 2.26. The Morgan fingerprint density at radius 2 is 1.72 bits per heavy atom. The van der Waals surface area contributed by atoms with Gasteiger partial charge in [0.15, 0.2) is 12.4 Å². The van der Waals surface area contributed by atoms with E-state index < -0.39 is 34.5 Å². The summed E-state index contributed by atoms with van der Waals surface area (Å²) in [5.74, 6) is -1.69. The van der Waals surface area contributed by atoms with Gasteiger partial charge in [-0.15, -0.1) is 0 Å². The number of nitrogens with zero attached hydrogens (tertiary/aromatic N) is 1. The molecule has 2 aromatic carbocycles. The molecule has 0 unspecified atom stereocenters. The minimum Gasteiger partial charge on any atom is -0.456 e. The van der Waals surface area contributed by atoms with Crippen LogP contribution >= 0.6 is 15.9 Å². The van der Waals surface area contributed by atoms with Crippen LogP contribution in [0.15, 0.2) is 57.9 Å². The number of Topliss-reactive ketones (excluding diaryl/α,β-unsaturated/α-hetero) is 1. The van der Waals surface area contributed by atoms with Crippen LogP contribution in [0.2, 0.25) is 0 Å². The summed E-state index contributed by atoms with van der Waals surface area (Å²) in [6, 6.07) is 10.0. The Hall–Kier alpha value is -2.10. The topological polar surface area (TPSA) is 80.8 Å². The summed E-state index contributed by atoms with van der Waals surface area (Å²) in [6.07, 6.45) is 1.56. The highest BCUT2D eigenvalue weighted by molar-refractivity contribution is 9.10. The molecule has 1 aliphatic rings. The van der Waals surface area contributed by atoms with E-state index in [1.54, 1.807) is 24.3 Å². The van der Waals surface area contributed by atoms with Gasteiger partial charge in [-0.1, -0.05) is 28.1 Å². The molecule has 3 rings (SSSR count). The van der Waals surface area contributed by atoms with E-state index in [2.05, 4.69) is 15.9 Å². The number of ketones is 1. The minimum atomic E-state index is -3.99. The normalized spacial score (nSPS) is 17.7. The first-order chi connectivity index (χ1) is 13.8. The van der Waals surface area contributed by atoms with Crippen LogP contribution < -0.4 is 0 Å². The van der Waals surface area contributed by atoms with Gasteiger partial charge in [-0.3, -0.25) is 9.59 Å². The third kappa shape index (κ3) is 5.09. The molecule has 9 heteroatoms. The molecular weight excluding hydrogens is 465 g/mol. The summed E-state index contributed by atoms with van der Waals surface area (Å²) in [7, 11) is -3.99. The lowest BCUT2D eigenvalue weighted by molar-refractivity contribution is -0.148. The fraction of sp³-hybridized carbons (Fsp3) is 0.300. The zero-order valence-electron chi connectivity index (χ0n) is 15.4. The molecule has 29 heavy (non-hydrogen) atoms. The molecule has 0 saturated carbocycles.